The second-order valence-electron chi connectivity index (χ2n) is 8.90. The van der Waals surface area contributed by atoms with Crippen molar-refractivity contribution < 1.29 is 4.74 Å². The molecule has 0 spiro atoms. The lowest BCUT2D eigenvalue weighted by Gasteiger charge is -2.50. The van der Waals surface area contributed by atoms with Gasteiger partial charge < -0.3 is 9.64 Å². The summed E-state index contributed by atoms with van der Waals surface area (Å²) >= 11 is 0. The van der Waals surface area contributed by atoms with E-state index in [0.717, 1.165) is 24.7 Å². The minimum atomic E-state index is 0.476. The third-order valence-corrected chi connectivity index (χ3v) is 7.23. The maximum Gasteiger partial charge on any atom is 0.0886 e. The maximum atomic E-state index is 5.52. The van der Waals surface area contributed by atoms with Gasteiger partial charge in [-0.3, -0.25) is 9.58 Å². The molecule has 2 aliphatic heterocycles. The molecule has 2 atom stereocenters. The second kappa shape index (κ2) is 6.57. The van der Waals surface area contributed by atoms with Crippen molar-refractivity contribution in [3.63, 3.8) is 0 Å². The van der Waals surface area contributed by atoms with Gasteiger partial charge >= 0.3 is 0 Å². The standard InChI is InChI=1S/C22H28N6O/c1-25-11-16(10-24-25)15-7-22-21(5-6-23-27(22)12-15)26-13-17-3-4-18(14-26)28(17)19-8-20(9-19)29-2/h5-7,10-12,17-20H,3-4,8-9,13-14H2,1-2H3/t17-,18-,19?,20?/m1/s1. The van der Waals surface area contributed by atoms with Gasteiger partial charge in [0.1, 0.15) is 0 Å². The van der Waals surface area contributed by atoms with Crippen LogP contribution in [0.1, 0.15) is 25.7 Å². The van der Waals surface area contributed by atoms with E-state index in [-0.39, 0.29) is 0 Å². The summed E-state index contributed by atoms with van der Waals surface area (Å²) in [7, 11) is 3.80. The molecule has 0 aromatic carbocycles. The minimum Gasteiger partial charge on any atom is -0.381 e. The summed E-state index contributed by atoms with van der Waals surface area (Å²) in [6, 6.07) is 6.49. The van der Waals surface area contributed by atoms with Gasteiger partial charge in [0, 0.05) is 75.1 Å². The van der Waals surface area contributed by atoms with Crippen LogP contribution >= 0.6 is 0 Å². The molecule has 0 amide bonds. The number of hydrogen-bond donors (Lipinski definition) is 0. The van der Waals surface area contributed by atoms with E-state index in [1.54, 1.807) is 0 Å². The lowest BCUT2D eigenvalue weighted by molar-refractivity contribution is -0.0466. The van der Waals surface area contributed by atoms with E-state index >= 15 is 0 Å². The summed E-state index contributed by atoms with van der Waals surface area (Å²) in [6.45, 7) is 2.22. The zero-order chi connectivity index (χ0) is 19.5. The molecule has 1 aliphatic carbocycles. The van der Waals surface area contributed by atoms with Gasteiger partial charge in [0.15, 0.2) is 0 Å². The number of rotatable bonds is 4. The van der Waals surface area contributed by atoms with Gasteiger partial charge in [-0.1, -0.05) is 0 Å². The summed E-state index contributed by atoms with van der Waals surface area (Å²) in [5.41, 5.74) is 4.78. The van der Waals surface area contributed by atoms with Crippen LogP contribution in [0.25, 0.3) is 16.6 Å². The molecule has 6 rings (SSSR count). The predicted molar refractivity (Wildman–Crippen MR) is 112 cm³/mol. The quantitative estimate of drug-likeness (QED) is 0.683. The van der Waals surface area contributed by atoms with Gasteiger partial charge in [-0.2, -0.15) is 10.2 Å². The van der Waals surface area contributed by atoms with Crippen molar-refractivity contribution >= 4 is 11.2 Å². The van der Waals surface area contributed by atoms with E-state index in [1.165, 1.54) is 42.5 Å². The molecule has 3 aromatic heterocycles. The summed E-state index contributed by atoms with van der Waals surface area (Å²) in [4.78, 5) is 5.42. The van der Waals surface area contributed by atoms with Gasteiger partial charge in [0.2, 0.25) is 0 Å². The molecule has 7 heteroatoms. The van der Waals surface area contributed by atoms with Gasteiger partial charge in [-0.05, 0) is 37.8 Å². The molecular weight excluding hydrogens is 364 g/mol. The normalized spacial score (nSPS) is 29.5. The fourth-order valence-electron chi connectivity index (χ4n) is 5.70. The van der Waals surface area contributed by atoms with Crippen molar-refractivity contribution in [2.75, 3.05) is 25.1 Å². The molecule has 0 unspecified atom stereocenters. The Morgan fingerprint density at radius 1 is 1.00 bits per heavy atom. The SMILES string of the molecule is COC1CC(N2[C@@H]3CC[C@@H]2CN(c2ccnn4cc(-c5cnn(C)c5)cc24)C3)C1. The van der Waals surface area contributed by atoms with Crippen molar-refractivity contribution in [3.8, 4) is 11.1 Å². The first-order chi connectivity index (χ1) is 14.2. The lowest BCUT2D eigenvalue weighted by Crippen LogP contribution is -2.61. The van der Waals surface area contributed by atoms with Crippen molar-refractivity contribution in [2.24, 2.45) is 7.05 Å². The Bertz CT molecular complexity index is 1020. The Labute approximate surface area is 170 Å². The molecule has 3 aromatic rings. The molecule has 2 bridgehead atoms. The Balaban J connectivity index is 1.28. The molecule has 2 saturated heterocycles. The zero-order valence-electron chi connectivity index (χ0n) is 17.1. The number of nitrogens with zero attached hydrogens (tertiary/aromatic N) is 6. The predicted octanol–water partition coefficient (Wildman–Crippen LogP) is 2.57. The molecule has 29 heavy (non-hydrogen) atoms. The van der Waals surface area contributed by atoms with E-state index in [2.05, 4.69) is 44.5 Å². The van der Waals surface area contributed by atoms with Crippen LogP contribution in [0, 0.1) is 0 Å². The van der Waals surface area contributed by atoms with Crippen molar-refractivity contribution in [1.29, 1.82) is 0 Å². The van der Waals surface area contributed by atoms with Crippen LogP contribution in [0.2, 0.25) is 0 Å². The highest BCUT2D eigenvalue weighted by molar-refractivity contribution is 5.79. The molecule has 3 aliphatic rings. The highest BCUT2D eigenvalue weighted by atomic mass is 16.5. The highest BCUT2D eigenvalue weighted by Gasteiger charge is 2.47. The summed E-state index contributed by atoms with van der Waals surface area (Å²) < 4.78 is 9.38. The molecule has 1 saturated carbocycles. The monoisotopic (exact) mass is 392 g/mol. The van der Waals surface area contributed by atoms with Crippen LogP contribution in [0.5, 0.6) is 0 Å². The largest absolute Gasteiger partial charge is 0.381 e. The summed E-state index contributed by atoms with van der Waals surface area (Å²) in [5.74, 6) is 0. The van der Waals surface area contributed by atoms with Gasteiger partial charge in [0.25, 0.3) is 0 Å². The van der Waals surface area contributed by atoms with Crippen LogP contribution in [0.15, 0.2) is 36.9 Å². The summed E-state index contributed by atoms with van der Waals surface area (Å²) in [5, 5.41) is 8.88. The van der Waals surface area contributed by atoms with Crippen molar-refractivity contribution in [1.82, 2.24) is 24.3 Å². The van der Waals surface area contributed by atoms with E-state index in [0.29, 0.717) is 18.2 Å². The number of aryl methyl sites for hydroxylation is 1. The maximum absolute atomic E-state index is 5.52. The van der Waals surface area contributed by atoms with Crippen molar-refractivity contribution in [3.05, 3.63) is 36.9 Å². The third-order valence-electron chi connectivity index (χ3n) is 7.23. The van der Waals surface area contributed by atoms with Crippen LogP contribution in [-0.2, 0) is 11.8 Å². The molecule has 0 radical (unpaired) electrons. The number of methoxy groups -OCH3 is 1. The van der Waals surface area contributed by atoms with Gasteiger partial charge in [0.05, 0.1) is 23.5 Å². The Morgan fingerprint density at radius 2 is 1.79 bits per heavy atom. The fraction of sp³-hybridized carbons (Fsp3) is 0.545. The number of piperazine rings is 1. The number of hydrogen-bond acceptors (Lipinski definition) is 5. The zero-order valence-corrected chi connectivity index (χ0v) is 17.1. The fourth-order valence-corrected chi connectivity index (χ4v) is 5.70. The van der Waals surface area contributed by atoms with E-state index in [1.807, 2.05) is 35.7 Å². The Morgan fingerprint density at radius 3 is 2.48 bits per heavy atom. The Hall–Kier alpha value is -2.38. The molecule has 7 nitrogen and oxygen atoms in total. The van der Waals surface area contributed by atoms with E-state index in [9.17, 15) is 0 Å². The minimum absolute atomic E-state index is 0.476. The first-order valence-electron chi connectivity index (χ1n) is 10.7. The topological polar surface area (TPSA) is 50.8 Å². The first-order valence-corrected chi connectivity index (χ1v) is 10.7. The lowest BCUT2D eigenvalue weighted by atomic mass is 9.86. The molecule has 0 N–H and O–H groups in total. The number of fused-ring (bicyclic) bond motifs is 3. The molecule has 152 valence electrons. The first kappa shape index (κ1) is 17.5. The number of anilines is 1. The molecule has 3 fully saturated rings. The van der Waals surface area contributed by atoms with Crippen molar-refractivity contribution in [2.45, 2.75) is 49.9 Å². The third kappa shape index (κ3) is 2.79. The second-order valence-corrected chi connectivity index (χ2v) is 8.90. The smallest absolute Gasteiger partial charge is 0.0886 e. The average Bonchev–Trinajstić information content (AvgIpc) is 3.37. The van der Waals surface area contributed by atoms with E-state index in [4.69, 9.17) is 4.74 Å². The van der Waals surface area contributed by atoms with E-state index < -0.39 is 0 Å². The summed E-state index contributed by atoms with van der Waals surface area (Å²) in [6.07, 6.45) is 13.5. The van der Waals surface area contributed by atoms with Crippen LogP contribution < -0.4 is 4.90 Å². The van der Waals surface area contributed by atoms with Crippen LogP contribution in [0.4, 0.5) is 5.69 Å². The van der Waals surface area contributed by atoms with Crippen LogP contribution in [0.3, 0.4) is 0 Å². The highest BCUT2D eigenvalue weighted by Crippen LogP contribution is 2.41. The molecule has 5 heterocycles. The van der Waals surface area contributed by atoms with Gasteiger partial charge in [-0.25, -0.2) is 4.52 Å². The average molecular weight is 393 g/mol. The molecular formula is C22H28N6O. The Kier molecular flexibility index (Phi) is 3.96. The van der Waals surface area contributed by atoms with Crippen LogP contribution in [-0.4, -0.2) is 68.7 Å². The number of ether oxygens (including phenoxy) is 1. The number of aromatic nitrogens is 4. The van der Waals surface area contributed by atoms with Gasteiger partial charge in [-0.15, -0.1) is 0 Å².